The van der Waals surface area contributed by atoms with Crippen LogP contribution >= 0.6 is 0 Å². The van der Waals surface area contributed by atoms with E-state index in [0.29, 0.717) is 18.1 Å². The average Bonchev–Trinajstić information content (AvgIpc) is 2.84. The quantitative estimate of drug-likeness (QED) is 0.365. The molecule has 0 saturated heterocycles. The second-order valence-corrected chi connectivity index (χ2v) is 9.12. The molecule has 0 fully saturated rings. The molecule has 0 radical (unpaired) electrons. The summed E-state index contributed by atoms with van der Waals surface area (Å²) < 4.78 is 36.9. The second-order valence-electron chi connectivity index (χ2n) is 7.07. The molecule has 33 heavy (non-hydrogen) atoms. The van der Waals surface area contributed by atoms with Crippen LogP contribution in [0.25, 0.3) is 0 Å². The number of nitrogens with one attached hydrogen (secondary N) is 1. The summed E-state index contributed by atoms with van der Waals surface area (Å²) in [5, 5.41) is 3.89. The first-order valence-corrected chi connectivity index (χ1v) is 11.5. The van der Waals surface area contributed by atoms with Gasteiger partial charge in [-0.1, -0.05) is 30.3 Å². The van der Waals surface area contributed by atoms with Gasteiger partial charge in [-0.25, -0.2) is 13.8 Å². The van der Waals surface area contributed by atoms with Crippen LogP contribution in [0.5, 0.6) is 11.5 Å². The highest BCUT2D eigenvalue weighted by Crippen LogP contribution is 2.18. The molecule has 9 heteroatoms. The molecule has 3 aromatic rings. The van der Waals surface area contributed by atoms with Crippen LogP contribution in [0.4, 0.5) is 0 Å². The van der Waals surface area contributed by atoms with Gasteiger partial charge < -0.3 is 9.47 Å². The predicted molar refractivity (Wildman–Crippen MR) is 126 cm³/mol. The fraction of sp³-hybridized carbons (Fsp3) is 0.167. The number of nitrogens with zero attached hydrogens (tertiary/aromatic N) is 2. The van der Waals surface area contributed by atoms with Gasteiger partial charge in [-0.15, -0.1) is 0 Å². The lowest BCUT2D eigenvalue weighted by Crippen LogP contribution is -2.36. The van der Waals surface area contributed by atoms with E-state index >= 15 is 0 Å². The Labute approximate surface area is 193 Å². The van der Waals surface area contributed by atoms with E-state index in [9.17, 15) is 13.2 Å². The van der Waals surface area contributed by atoms with Crippen LogP contribution in [0.2, 0.25) is 0 Å². The lowest BCUT2D eigenvalue weighted by atomic mass is 10.2. The Bertz CT molecular complexity index is 1180. The molecule has 3 aromatic carbocycles. The summed E-state index contributed by atoms with van der Waals surface area (Å²) in [5.74, 6) is 0.693. The largest absolute Gasteiger partial charge is 0.497 e. The summed E-state index contributed by atoms with van der Waals surface area (Å²) in [6.07, 6.45) is 1.47. The molecule has 0 spiro atoms. The van der Waals surface area contributed by atoms with Crippen LogP contribution in [0.15, 0.2) is 88.9 Å². The normalized spacial score (nSPS) is 11.5. The summed E-state index contributed by atoms with van der Waals surface area (Å²) in [6, 6.07) is 23.0. The van der Waals surface area contributed by atoms with E-state index in [1.165, 1.54) is 32.5 Å². The van der Waals surface area contributed by atoms with Crippen LogP contribution in [0, 0.1) is 0 Å². The van der Waals surface area contributed by atoms with E-state index in [1.807, 2.05) is 30.3 Å². The smallest absolute Gasteiger partial charge is 0.255 e. The van der Waals surface area contributed by atoms with Gasteiger partial charge in [0.25, 0.3) is 5.91 Å². The lowest BCUT2D eigenvalue weighted by Gasteiger charge is -2.16. The number of likely N-dealkylation sites (N-methyl/N-ethyl adjacent to an activating group) is 1. The number of ether oxygens (including phenoxy) is 2. The van der Waals surface area contributed by atoms with Gasteiger partial charge >= 0.3 is 0 Å². The fourth-order valence-electron chi connectivity index (χ4n) is 2.82. The topological polar surface area (TPSA) is 97.3 Å². The lowest BCUT2D eigenvalue weighted by molar-refractivity contribution is -0.121. The first-order valence-electron chi connectivity index (χ1n) is 10.1. The number of carbonyl (C=O) groups excluding carboxylic acids is 1. The van der Waals surface area contributed by atoms with Crippen molar-refractivity contribution in [1.29, 1.82) is 0 Å². The molecule has 0 aromatic heterocycles. The number of carbonyl (C=O) groups is 1. The maximum Gasteiger partial charge on any atom is 0.255 e. The van der Waals surface area contributed by atoms with Crippen LogP contribution in [0.3, 0.4) is 0 Å². The van der Waals surface area contributed by atoms with Crippen molar-refractivity contribution in [2.24, 2.45) is 5.10 Å². The highest BCUT2D eigenvalue weighted by atomic mass is 32.2. The van der Waals surface area contributed by atoms with Gasteiger partial charge in [0, 0.05) is 7.05 Å². The fourth-order valence-corrected chi connectivity index (χ4v) is 3.95. The second kappa shape index (κ2) is 11.3. The third-order valence-corrected chi connectivity index (χ3v) is 6.48. The zero-order valence-electron chi connectivity index (χ0n) is 18.3. The van der Waals surface area contributed by atoms with Crippen LogP contribution in [-0.4, -0.2) is 45.5 Å². The van der Waals surface area contributed by atoms with Crippen molar-refractivity contribution < 1.29 is 22.7 Å². The van der Waals surface area contributed by atoms with E-state index < -0.39 is 15.9 Å². The molecule has 0 saturated carbocycles. The third-order valence-electron chi connectivity index (χ3n) is 4.67. The molecule has 0 aliphatic rings. The van der Waals surface area contributed by atoms with Crippen molar-refractivity contribution in [2.45, 2.75) is 11.5 Å². The van der Waals surface area contributed by atoms with Crippen LogP contribution in [0.1, 0.15) is 11.1 Å². The summed E-state index contributed by atoms with van der Waals surface area (Å²) in [5.41, 5.74) is 4.16. The SMILES string of the molecule is COc1ccc(S(=O)(=O)N(C)CC(=O)N/N=C\c2ccc(OCc3ccccc3)cc2)cc1. The van der Waals surface area contributed by atoms with E-state index in [1.54, 1.807) is 36.4 Å². The van der Waals surface area contributed by atoms with Gasteiger partial charge in [-0.3, -0.25) is 4.79 Å². The molecule has 0 bridgehead atoms. The number of hydrazone groups is 1. The molecule has 0 heterocycles. The van der Waals surface area contributed by atoms with Crippen molar-refractivity contribution >= 4 is 22.1 Å². The standard InChI is InChI=1S/C24H25N3O5S/c1-27(33(29,30)23-14-12-21(31-2)13-15-23)17-24(28)26-25-16-19-8-10-22(11-9-19)32-18-20-6-4-3-5-7-20/h3-16H,17-18H2,1-2H3,(H,26,28)/b25-16-. The van der Waals surface area contributed by atoms with Crippen molar-refractivity contribution in [1.82, 2.24) is 9.73 Å². The first-order chi connectivity index (χ1) is 15.9. The molecule has 0 aliphatic carbocycles. The number of hydrogen-bond donors (Lipinski definition) is 1. The van der Waals surface area contributed by atoms with Gasteiger partial charge in [-0.05, 0) is 59.7 Å². The van der Waals surface area contributed by atoms with Crippen LogP contribution in [-0.2, 0) is 21.4 Å². The molecule has 172 valence electrons. The van der Waals surface area contributed by atoms with E-state index in [2.05, 4.69) is 10.5 Å². The van der Waals surface area contributed by atoms with E-state index in [4.69, 9.17) is 9.47 Å². The molecule has 0 atom stereocenters. The van der Waals surface area contributed by atoms with Gasteiger partial charge in [0.15, 0.2) is 0 Å². The summed E-state index contributed by atoms with van der Waals surface area (Å²) in [7, 11) is -0.990. The van der Waals surface area contributed by atoms with E-state index in [0.717, 1.165) is 15.4 Å². The van der Waals surface area contributed by atoms with Crippen molar-refractivity contribution in [3.63, 3.8) is 0 Å². The average molecular weight is 468 g/mol. The third kappa shape index (κ3) is 6.90. The molecule has 1 N–H and O–H groups in total. The van der Waals surface area contributed by atoms with Crippen molar-refractivity contribution in [3.05, 3.63) is 90.0 Å². The highest BCUT2D eigenvalue weighted by molar-refractivity contribution is 7.89. The van der Waals surface area contributed by atoms with Crippen LogP contribution < -0.4 is 14.9 Å². The summed E-state index contributed by atoms with van der Waals surface area (Å²) in [4.78, 5) is 12.2. The molecule has 3 rings (SSSR count). The zero-order chi connectivity index (χ0) is 23.7. The molecular weight excluding hydrogens is 442 g/mol. The maximum absolute atomic E-state index is 12.6. The number of sulfonamides is 1. The zero-order valence-corrected chi connectivity index (χ0v) is 19.2. The van der Waals surface area contributed by atoms with Crippen molar-refractivity contribution in [2.75, 3.05) is 20.7 Å². The van der Waals surface area contributed by atoms with Gasteiger partial charge in [0.2, 0.25) is 10.0 Å². The Balaban J connectivity index is 1.48. The summed E-state index contributed by atoms with van der Waals surface area (Å²) >= 11 is 0. The Hall–Kier alpha value is -3.69. The number of benzene rings is 3. The first kappa shape index (κ1) is 24.0. The predicted octanol–water partition coefficient (Wildman–Crippen LogP) is 3.05. The molecule has 0 unspecified atom stereocenters. The Morgan fingerprint density at radius 3 is 2.24 bits per heavy atom. The number of rotatable bonds is 10. The molecule has 1 amide bonds. The summed E-state index contributed by atoms with van der Waals surface area (Å²) in [6.45, 7) is 0.0925. The Kier molecular flexibility index (Phi) is 8.17. The highest BCUT2D eigenvalue weighted by Gasteiger charge is 2.22. The minimum absolute atomic E-state index is 0.0664. The van der Waals surface area contributed by atoms with E-state index in [-0.39, 0.29) is 11.4 Å². The Morgan fingerprint density at radius 2 is 1.61 bits per heavy atom. The molecule has 8 nitrogen and oxygen atoms in total. The molecular formula is C24H25N3O5S. The van der Waals surface area contributed by atoms with Gasteiger partial charge in [-0.2, -0.15) is 9.41 Å². The van der Waals surface area contributed by atoms with Gasteiger partial charge in [0.1, 0.15) is 18.1 Å². The Morgan fingerprint density at radius 1 is 0.970 bits per heavy atom. The minimum Gasteiger partial charge on any atom is -0.497 e. The number of methoxy groups -OCH3 is 1. The monoisotopic (exact) mass is 467 g/mol. The number of amides is 1. The van der Waals surface area contributed by atoms with Crippen molar-refractivity contribution in [3.8, 4) is 11.5 Å². The molecule has 0 aliphatic heterocycles. The minimum atomic E-state index is -3.82. The van der Waals surface area contributed by atoms with Gasteiger partial charge in [0.05, 0.1) is 24.8 Å². The maximum atomic E-state index is 12.6. The number of hydrogen-bond acceptors (Lipinski definition) is 6.